The molecule has 1 saturated heterocycles. The summed E-state index contributed by atoms with van der Waals surface area (Å²) >= 11 is 2.03. The number of hydrogen-bond donors (Lipinski definition) is 1. The van der Waals surface area contributed by atoms with E-state index in [1.165, 1.54) is 17.1 Å². The van der Waals surface area contributed by atoms with Crippen molar-refractivity contribution in [3.8, 4) is 0 Å². The molecule has 0 aliphatic carbocycles. The number of aromatic nitrogens is 1. The molecule has 4 heteroatoms. The zero-order valence-corrected chi connectivity index (χ0v) is 10.8. The highest BCUT2D eigenvalue weighted by Crippen LogP contribution is 2.19. The molecule has 1 unspecified atom stereocenters. The first-order chi connectivity index (χ1) is 7.81. The summed E-state index contributed by atoms with van der Waals surface area (Å²) < 4.78 is 0. The molecule has 1 aromatic rings. The molecule has 1 aliphatic heterocycles. The maximum Gasteiger partial charge on any atom is 0.128 e. The third kappa shape index (κ3) is 2.68. The minimum Gasteiger partial charge on any atom is -0.355 e. The van der Waals surface area contributed by atoms with Gasteiger partial charge in [-0.15, -0.1) is 0 Å². The Balaban J connectivity index is 2.06. The Labute approximate surface area is 102 Å². The van der Waals surface area contributed by atoms with Crippen molar-refractivity contribution in [3.05, 3.63) is 23.9 Å². The SMILES string of the molecule is CNC(C)c1ccc(N2CCSCC2)nc1. The van der Waals surface area contributed by atoms with Crippen LogP contribution in [0, 0.1) is 0 Å². The molecule has 16 heavy (non-hydrogen) atoms. The minimum atomic E-state index is 0.374. The van der Waals surface area contributed by atoms with Gasteiger partial charge >= 0.3 is 0 Å². The zero-order valence-electron chi connectivity index (χ0n) is 9.94. The summed E-state index contributed by atoms with van der Waals surface area (Å²) in [5.74, 6) is 3.56. The highest BCUT2D eigenvalue weighted by Gasteiger charge is 2.12. The van der Waals surface area contributed by atoms with Gasteiger partial charge in [0, 0.05) is 36.8 Å². The largest absolute Gasteiger partial charge is 0.355 e. The predicted molar refractivity (Wildman–Crippen MR) is 71.2 cm³/mol. The average molecular weight is 237 g/mol. The molecule has 0 amide bonds. The van der Waals surface area contributed by atoms with Gasteiger partial charge in [-0.05, 0) is 25.6 Å². The predicted octanol–water partition coefficient (Wildman–Crippen LogP) is 1.92. The van der Waals surface area contributed by atoms with E-state index in [1.54, 1.807) is 0 Å². The lowest BCUT2D eigenvalue weighted by Gasteiger charge is -2.27. The second-order valence-corrected chi connectivity index (χ2v) is 5.28. The van der Waals surface area contributed by atoms with Crippen molar-refractivity contribution in [1.29, 1.82) is 0 Å². The Morgan fingerprint density at radius 1 is 1.38 bits per heavy atom. The zero-order chi connectivity index (χ0) is 11.4. The minimum absolute atomic E-state index is 0.374. The van der Waals surface area contributed by atoms with Crippen LogP contribution in [-0.4, -0.2) is 36.6 Å². The Hall–Kier alpha value is -0.740. The van der Waals surface area contributed by atoms with Crippen molar-refractivity contribution < 1.29 is 0 Å². The second kappa shape index (κ2) is 5.55. The number of nitrogens with one attached hydrogen (secondary N) is 1. The third-order valence-electron chi connectivity index (χ3n) is 3.04. The molecule has 1 aliphatic rings. The smallest absolute Gasteiger partial charge is 0.128 e. The van der Waals surface area contributed by atoms with E-state index in [1.807, 2.05) is 25.0 Å². The first-order valence-electron chi connectivity index (χ1n) is 5.77. The fourth-order valence-corrected chi connectivity index (χ4v) is 2.70. The van der Waals surface area contributed by atoms with E-state index in [2.05, 4.69) is 34.3 Å². The number of pyridine rings is 1. The standard InChI is InChI=1S/C12H19N3S/c1-10(13-2)11-3-4-12(14-9-11)15-5-7-16-8-6-15/h3-4,9-10,13H,5-8H2,1-2H3. The fraction of sp³-hybridized carbons (Fsp3) is 0.583. The molecule has 1 fully saturated rings. The van der Waals surface area contributed by atoms with E-state index in [9.17, 15) is 0 Å². The third-order valence-corrected chi connectivity index (χ3v) is 3.98. The molecule has 88 valence electrons. The Morgan fingerprint density at radius 2 is 2.12 bits per heavy atom. The van der Waals surface area contributed by atoms with Crippen molar-refractivity contribution in [2.75, 3.05) is 36.5 Å². The van der Waals surface area contributed by atoms with Crippen molar-refractivity contribution >= 4 is 17.6 Å². The first kappa shape index (κ1) is 11.7. The summed E-state index contributed by atoms with van der Waals surface area (Å²) in [7, 11) is 1.97. The van der Waals surface area contributed by atoms with Gasteiger partial charge in [0.15, 0.2) is 0 Å². The van der Waals surface area contributed by atoms with Crippen LogP contribution in [0.4, 0.5) is 5.82 Å². The molecule has 1 N–H and O–H groups in total. The summed E-state index contributed by atoms with van der Waals surface area (Å²) in [6, 6.07) is 4.68. The van der Waals surface area contributed by atoms with Crippen LogP contribution in [-0.2, 0) is 0 Å². The van der Waals surface area contributed by atoms with Crippen LogP contribution in [0.2, 0.25) is 0 Å². The molecule has 0 radical (unpaired) electrons. The van der Waals surface area contributed by atoms with Crippen LogP contribution in [0.25, 0.3) is 0 Å². The highest BCUT2D eigenvalue weighted by atomic mass is 32.2. The lowest BCUT2D eigenvalue weighted by atomic mass is 10.1. The maximum atomic E-state index is 4.55. The van der Waals surface area contributed by atoms with Crippen molar-refractivity contribution in [2.45, 2.75) is 13.0 Å². The van der Waals surface area contributed by atoms with Crippen molar-refractivity contribution in [2.24, 2.45) is 0 Å². The molecular formula is C12H19N3S. The summed E-state index contributed by atoms with van der Waals surface area (Å²) in [4.78, 5) is 6.91. The Morgan fingerprint density at radius 3 is 2.69 bits per heavy atom. The van der Waals surface area contributed by atoms with Gasteiger partial charge in [0.2, 0.25) is 0 Å². The maximum absolute atomic E-state index is 4.55. The highest BCUT2D eigenvalue weighted by molar-refractivity contribution is 7.99. The average Bonchev–Trinajstić information content (AvgIpc) is 2.39. The monoisotopic (exact) mass is 237 g/mol. The van der Waals surface area contributed by atoms with Gasteiger partial charge in [0.1, 0.15) is 5.82 Å². The van der Waals surface area contributed by atoms with Crippen molar-refractivity contribution in [3.63, 3.8) is 0 Å². The van der Waals surface area contributed by atoms with E-state index < -0.39 is 0 Å². The number of hydrogen-bond acceptors (Lipinski definition) is 4. The van der Waals surface area contributed by atoms with Crippen LogP contribution < -0.4 is 10.2 Å². The number of anilines is 1. The molecule has 0 saturated carbocycles. The quantitative estimate of drug-likeness (QED) is 0.869. The molecule has 1 atom stereocenters. The van der Waals surface area contributed by atoms with Gasteiger partial charge in [0.05, 0.1) is 0 Å². The van der Waals surface area contributed by atoms with Gasteiger partial charge in [-0.2, -0.15) is 11.8 Å². The van der Waals surface area contributed by atoms with Gasteiger partial charge in [-0.1, -0.05) is 6.07 Å². The molecule has 3 nitrogen and oxygen atoms in total. The number of thioether (sulfide) groups is 1. The molecule has 0 bridgehead atoms. The number of nitrogens with zero attached hydrogens (tertiary/aromatic N) is 2. The van der Waals surface area contributed by atoms with E-state index >= 15 is 0 Å². The van der Waals surface area contributed by atoms with E-state index in [4.69, 9.17) is 0 Å². The van der Waals surface area contributed by atoms with Gasteiger partial charge in [0.25, 0.3) is 0 Å². The lowest BCUT2D eigenvalue weighted by Crippen LogP contribution is -2.33. The summed E-state index contributed by atoms with van der Waals surface area (Å²) in [5, 5.41) is 3.22. The number of rotatable bonds is 3. The summed E-state index contributed by atoms with van der Waals surface area (Å²) in [6.45, 7) is 4.39. The first-order valence-corrected chi connectivity index (χ1v) is 6.92. The molecule has 1 aromatic heterocycles. The molecule has 2 heterocycles. The van der Waals surface area contributed by atoms with Gasteiger partial charge < -0.3 is 10.2 Å². The summed E-state index contributed by atoms with van der Waals surface area (Å²) in [5.41, 5.74) is 1.25. The molecule has 0 spiro atoms. The van der Waals surface area contributed by atoms with Crippen molar-refractivity contribution in [1.82, 2.24) is 10.3 Å². The van der Waals surface area contributed by atoms with E-state index in [-0.39, 0.29) is 0 Å². The van der Waals surface area contributed by atoms with Gasteiger partial charge in [-0.3, -0.25) is 0 Å². The van der Waals surface area contributed by atoms with Gasteiger partial charge in [-0.25, -0.2) is 4.98 Å². The van der Waals surface area contributed by atoms with E-state index in [0.717, 1.165) is 18.9 Å². The topological polar surface area (TPSA) is 28.2 Å². The fourth-order valence-electron chi connectivity index (χ4n) is 1.80. The molecule has 2 rings (SSSR count). The van der Waals surface area contributed by atoms with Crippen LogP contribution >= 0.6 is 11.8 Å². The normalized spacial score (nSPS) is 18.5. The van der Waals surface area contributed by atoms with Crippen LogP contribution in [0.3, 0.4) is 0 Å². The Kier molecular flexibility index (Phi) is 4.07. The molecular weight excluding hydrogens is 218 g/mol. The summed E-state index contributed by atoms with van der Waals surface area (Å²) in [6.07, 6.45) is 1.98. The lowest BCUT2D eigenvalue weighted by molar-refractivity contribution is 0.649. The van der Waals surface area contributed by atoms with Crippen LogP contribution in [0.5, 0.6) is 0 Å². The van der Waals surface area contributed by atoms with Crippen LogP contribution in [0.15, 0.2) is 18.3 Å². The second-order valence-electron chi connectivity index (χ2n) is 4.06. The molecule has 0 aromatic carbocycles. The van der Waals surface area contributed by atoms with E-state index in [0.29, 0.717) is 6.04 Å². The van der Waals surface area contributed by atoms with Crippen LogP contribution in [0.1, 0.15) is 18.5 Å². The Bertz CT molecular complexity index is 320.